The molecule has 1 saturated heterocycles. The van der Waals surface area contributed by atoms with E-state index in [1.165, 1.54) is 17.9 Å². The van der Waals surface area contributed by atoms with Crippen LogP contribution in [0, 0.1) is 11.3 Å². The zero-order valence-corrected chi connectivity index (χ0v) is 11.2. The van der Waals surface area contributed by atoms with Crippen molar-refractivity contribution >= 4 is 11.8 Å². The smallest absolute Gasteiger partial charge is 0.0687 e. The van der Waals surface area contributed by atoms with Crippen LogP contribution in [0.4, 0.5) is 0 Å². The van der Waals surface area contributed by atoms with Gasteiger partial charge in [-0.05, 0) is 23.5 Å². The SMILES string of the molecule is CC(C)C(O)CNC1CSCC(C)(C)C1. The minimum absolute atomic E-state index is 0.208. The van der Waals surface area contributed by atoms with Crippen molar-refractivity contribution < 1.29 is 5.11 Å². The first-order chi connectivity index (χ1) is 6.91. The summed E-state index contributed by atoms with van der Waals surface area (Å²) in [5, 5.41) is 13.2. The second kappa shape index (κ2) is 5.55. The fourth-order valence-corrected chi connectivity index (χ4v) is 3.23. The standard InChI is InChI=1S/C12H25NOS/c1-9(2)11(14)6-13-10-5-12(3,4)8-15-7-10/h9-11,13-14H,5-8H2,1-4H3. The van der Waals surface area contributed by atoms with Crippen LogP contribution in [0.25, 0.3) is 0 Å². The summed E-state index contributed by atoms with van der Waals surface area (Å²) in [5.74, 6) is 2.80. The zero-order valence-electron chi connectivity index (χ0n) is 10.4. The molecule has 1 aliphatic heterocycles. The zero-order chi connectivity index (χ0) is 11.5. The predicted octanol–water partition coefficient (Wildman–Crippen LogP) is 2.12. The van der Waals surface area contributed by atoms with Crippen molar-refractivity contribution in [1.29, 1.82) is 0 Å². The van der Waals surface area contributed by atoms with Gasteiger partial charge in [-0.1, -0.05) is 27.7 Å². The Hall–Kier alpha value is 0.270. The third kappa shape index (κ3) is 4.75. The lowest BCUT2D eigenvalue weighted by Gasteiger charge is -2.35. The minimum atomic E-state index is -0.208. The monoisotopic (exact) mass is 231 g/mol. The van der Waals surface area contributed by atoms with Crippen molar-refractivity contribution in [2.75, 3.05) is 18.1 Å². The molecule has 0 aromatic rings. The predicted molar refractivity (Wildman–Crippen MR) is 68.4 cm³/mol. The van der Waals surface area contributed by atoms with Crippen molar-refractivity contribution in [2.45, 2.75) is 46.3 Å². The van der Waals surface area contributed by atoms with Gasteiger partial charge >= 0.3 is 0 Å². The number of thioether (sulfide) groups is 1. The Kier molecular flexibility index (Phi) is 4.94. The van der Waals surface area contributed by atoms with Gasteiger partial charge in [0.1, 0.15) is 0 Å². The molecular weight excluding hydrogens is 206 g/mol. The Morgan fingerprint density at radius 3 is 2.67 bits per heavy atom. The lowest BCUT2D eigenvalue weighted by molar-refractivity contribution is 0.118. The van der Waals surface area contributed by atoms with Crippen molar-refractivity contribution in [1.82, 2.24) is 5.32 Å². The molecular formula is C12H25NOS. The summed E-state index contributed by atoms with van der Waals surface area (Å²) in [7, 11) is 0. The van der Waals surface area contributed by atoms with Crippen LogP contribution in [0.5, 0.6) is 0 Å². The molecule has 0 radical (unpaired) electrons. The maximum absolute atomic E-state index is 9.72. The Morgan fingerprint density at radius 1 is 1.47 bits per heavy atom. The summed E-state index contributed by atoms with van der Waals surface area (Å²) in [5.41, 5.74) is 0.448. The average Bonchev–Trinajstić information content (AvgIpc) is 2.12. The highest BCUT2D eigenvalue weighted by Gasteiger charge is 2.28. The average molecular weight is 231 g/mol. The van der Waals surface area contributed by atoms with Gasteiger partial charge in [0.15, 0.2) is 0 Å². The number of rotatable bonds is 4. The lowest BCUT2D eigenvalue weighted by atomic mass is 9.87. The van der Waals surface area contributed by atoms with Gasteiger partial charge in [-0.15, -0.1) is 0 Å². The highest BCUT2D eigenvalue weighted by atomic mass is 32.2. The van der Waals surface area contributed by atoms with Gasteiger partial charge in [-0.25, -0.2) is 0 Å². The number of hydrogen-bond acceptors (Lipinski definition) is 3. The third-order valence-electron chi connectivity index (χ3n) is 3.00. The molecule has 0 amide bonds. The molecule has 0 bridgehead atoms. The molecule has 0 aromatic carbocycles. The van der Waals surface area contributed by atoms with Gasteiger partial charge in [-0.3, -0.25) is 0 Å². The van der Waals surface area contributed by atoms with E-state index in [4.69, 9.17) is 0 Å². The van der Waals surface area contributed by atoms with Crippen LogP contribution in [-0.4, -0.2) is 35.3 Å². The van der Waals surface area contributed by atoms with Crippen LogP contribution in [0.3, 0.4) is 0 Å². The molecule has 1 aliphatic rings. The van der Waals surface area contributed by atoms with Crippen LogP contribution < -0.4 is 5.32 Å². The molecule has 0 saturated carbocycles. The minimum Gasteiger partial charge on any atom is -0.392 e. The van der Waals surface area contributed by atoms with Gasteiger partial charge in [0.05, 0.1) is 6.10 Å². The molecule has 2 unspecified atom stereocenters. The molecule has 0 spiro atoms. The number of aliphatic hydroxyl groups is 1. The molecule has 2 atom stereocenters. The Bertz CT molecular complexity index is 194. The van der Waals surface area contributed by atoms with E-state index in [-0.39, 0.29) is 6.10 Å². The quantitative estimate of drug-likeness (QED) is 0.777. The molecule has 0 aromatic heterocycles. The molecule has 2 N–H and O–H groups in total. The Morgan fingerprint density at radius 2 is 2.13 bits per heavy atom. The van der Waals surface area contributed by atoms with Crippen LogP contribution in [-0.2, 0) is 0 Å². The summed E-state index contributed by atoms with van der Waals surface area (Å²) < 4.78 is 0. The van der Waals surface area contributed by atoms with E-state index in [1.54, 1.807) is 0 Å². The van der Waals surface area contributed by atoms with E-state index in [0.717, 1.165) is 6.54 Å². The van der Waals surface area contributed by atoms with E-state index in [9.17, 15) is 5.11 Å². The van der Waals surface area contributed by atoms with Crippen LogP contribution >= 0.6 is 11.8 Å². The Balaban J connectivity index is 2.27. The first kappa shape index (κ1) is 13.3. The molecule has 1 rings (SSSR count). The van der Waals surface area contributed by atoms with Crippen molar-refractivity contribution in [3.63, 3.8) is 0 Å². The molecule has 1 heterocycles. The Labute approximate surface area is 98.2 Å². The van der Waals surface area contributed by atoms with E-state index in [1.807, 2.05) is 11.8 Å². The van der Waals surface area contributed by atoms with E-state index < -0.39 is 0 Å². The topological polar surface area (TPSA) is 32.3 Å². The van der Waals surface area contributed by atoms with Crippen LogP contribution in [0.15, 0.2) is 0 Å². The highest BCUT2D eigenvalue weighted by Crippen LogP contribution is 2.33. The molecule has 3 heteroatoms. The largest absolute Gasteiger partial charge is 0.392 e. The van der Waals surface area contributed by atoms with Gasteiger partial charge in [0.25, 0.3) is 0 Å². The van der Waals surface area contributed by atoms with Gasteiger partial charge in [0.2, 0.25) is 0 Å². The molecule has 2 nitrogen and oxygen atoms in total. The summed E-state index contributed by atoms with van der Waals surface area (Å²) in [6.45, 7) is 9.51. The second-order valence-corrected chi connectivity index (χ2v) is 6.83. The maximum atomic E-state index is 9.72. The summed E-state index contributed by atoms with van der Waals surface area (Å²) in [6.07, 6.45) is 1.02. The van der Waals surface area contributed by atoms with Crippen LogP contribution in [0.2, 0.25) is 0 Å². The van der Waals surface area contributed by atoms with E-state index >= 15 is 0 Å². The van der Waals surface area contributed by atoms with Crippen molar-refractivity contribution in [3.05, 3.63) is 0 Å². The highest BCUT2D eigenvalue weighted by molar-refractivity contribution is 7.99. The summed E-state index contributed by atoms with van der Waals surface area (Å²) >= 11 is 2.03. The summed E-state index contributed by atoms with van der Waals surface area (Å²) in [6, 6.07) is 0.576. The van der Waals surface area contributed by atoms with Crippen LogP contribution in [0.1, 0.15) is 34.1 Å². The fraction of sp³-hybridized carbons (Fsp3) is 1.00. The van der Waals surface area contributed by atoms with Crippen molar-refractivity contribution in [3.8, 4) is 0 Å². The van der Waals surface area contributed by atoms with Gasteiger partial charge in [0, 0.05) is 18.3 Å². The number of nitrogens with one attached hydrogen (secondary N) is 1. The maximum Gasteiger partial charge on any atom is 0.0687 e. The number of aliphatic hydroxyl groups excluding tert-OH is 1. The van der Waals surface area contributed by atoms with Crippen molar-refractivity contribution in [2.24, 2.45) is 11.3 Å². The number of hydrogen-bond donors (Lipinski definition) is 2. The first-order valence-corrected chi connectivity index (χ1v) is 7.05. The molecule has 0 aliphatic carbocycles. The molecule has 1 fully saturated rings. The second-order valence-electron chi connectivity index (χ2n) is 5.80. The fourth-order valence-electron chi connectivity index (χ4n) is 1.92. The van der Waals surface area contributed by atoms with Gasteiger partial charge in [-0.2, -0.15) is 11.8 Å². The van der Waals surface area contributed by atoms with E-state index in [0.29, 0.717) is 17.4 Å². The third-order valence-corrected chi connectivity index (χ3v) is 4.62. The molecule has 15 heavy (non-hydrogen) atoms. The lowest BCUT2D eigenvalue weighted by Crippen LogP contribution is -2.44. The molecule has 90 valence electrons. The van der Waals surface area contributed by atoms with E-state index in [2.05, 4.69) is 33.0 Å². The summed E-state index contributed by atoms with van der Waals surface area (Å²) in [4.78, 5) is 0. The first-order valence-electron chi connectivity index (χ1n) is 5.90. The normalized spacial score (nSPS) is 28.0. The van der Waals surface area contributed by atoms with Gasteiger partial charge < -0.3 is 10.4 Å².